The minimum atomic E-state index is 0.315. The minimum Gasteiger partial charge on any atom is -0.381 e. The molecule has 0 aliphatic carbocycles. The summed E-state index contributed by atoms with van der Waals surface area (Å²) in [6.45, 7) is 1.52. The van der Waals surface area contributed by atoms with E-state index >= 15 is 0 Å². The van der Waals surface area contributed by atoms with E-state index in [1.807, 2.05) is 4.68 Å². The monoisotopic (exact) mass is 318 g/mol. The molecule has 2 aromatic heterocycles. The Morgan fingerprint density at radius 1 is 1.37 bits per heavy atom. The fourth-order valence-electron chi connectivity index (χ4n) is 1.86. The van der Waals surface area contributed by atoms with Gasteiger partial charge in [0.1, 0.15) is 10.0 Å². The molecular weight excluding hydrogens is 308 g/mol. The quantitative estimate of drug-likeness (QED) is 0.795. The molecule has 102 valence electrons. The molecule has 2 aromatic rings. The standard InChI is InChI=1S/C9H11ClN6OS2/c10-8-7(11-15-19-8)5-18-9-12-13-14-16(9)6-1-3-17-4-2-6/h6H,1-5H2. The van der Waals surface area contributed by atoms with Crippen LogP contribution in [0.3, 0.4) is 0 Å². The van der Waals surface area contributed by atoms with Crippen molar-refractivity contribution in [3.05, 3.63) is 10.0 Å². The van der Waals surface area contributed by atoms with Gasteiger partial charge in [-0.15, -0.1) is 10.2 Å². The predicted molar refractivity (Wildman–Crippen MR) is 71.4 cm³/mol. The van der Waals surface area contributed by atoms with Gasteiger partial charge in [-0.25, -0.2) is 4.68 Å². The van der Waals surface area contributed by atoms with Gasteiger partial charge in [0.05, 0.1) is 6.04 Å². The second-order valence-corrected chi connectivity index (χ2v) is 6.33. The van der Waals surface area contributed by atoms with Crippen molar-refractivity contribution in [1.29, 1.82) is 0 Å². The third-order valence-electron chi connectivity index (χ3n) is 2.85. The highest BCUT2D eigenvalue weighted by Crippen LogP contribution is 2.29. The molecule has 1 aliphatic heterocycles. The third kappa shape index (κ3) is 3.04. The summed E-state index contributed by atoms with van der Waals surface area (Å²) in [7, 11) is 0. The maximum absolute atomic E-state index is 5.97. The van der Waals surface area contributed by atoms with Crippen LogP contribution in [0.4, 0.5) is 0 Å². The molecule has 3 rings (SSSR count). The normalized spacial score (nSPS) is 16.9. The van der Waals surface area contributed by atoms with Crippen molar-refractivity contribution in [2.45, 2.75) is 29.8 Å². The highest BCUT2D eigenvalue weighted by Gasteiger charge is 2.21. The molecule has 0 unspecified atom stereocenters. The van der Waals surface area contributed by atoms with Crippen molar-refractivity contribution >= 4 is 34.9 Å². The van der Waals surface area contributed by atoms with Gasteiger partial charge in [0.15, 0.2) is 0 Å². The molecular formula is C9H11ClN6OS2. The molecule has 0 amide bonds. The lowest BCUT2D eigenvalue weighted by Gasteiger charge is -2.22. The highest BCUT2D eigenvalue weighted by molar-refractivity contribution is 7.98. The van der Waals surface area contributed by atoms with Crippen LogP contribution in [0.2, 0.25) is 4.34 Å². The first-order chi connectivity index (χ1) is 9.34. The molecule has 1 saturated heterocycles. The van der Waals surface area contributed by atoms with Crippen molar-refractivity contribution in [2.75, 3.05) is 13.2 Å². The first-order valence-corrected chi connectivity index (χ1v) is 7.93. The zero-order valence-corrected chi connectivity index (χ0v) is 12.3. The van der Waals surface area contributed by atoms with E-state index in [9.17, 15) is 0 Å². The summed E-state index contributed by atoms with van der Waals surface area (Å²) in [6.07, 6.45) is 1.88. The van der Waals surface area contributed by atoms with E-state index in [4.69, 9.17) is 16.3 Å². The predicted octanol–water partition coefficient (Wildman–Crippen LogP) is 1.82. The summed E-state index contributed by atoms with van der Waals surface area (Å²) in [5.41, 5.74) is 0.776. The van der Waals surface area contributed by atoms with Gasteiger partial charge in [-0.3, -0.25) is 0 Å². The Bertz CT molecular complexity index is 540. The van der Waals surface area contributed by atoms with Crippen molar-refractivity contribution in [3.8, 4) is 0 Å². The first-order valence-electron chi connectivity index (χ1n) is 5.79. The zero-order chi connectivity index (χ0) is 13.1. The number of rotatable bonds is 4. The lowest BCUT2D eigenvalue weighted by molar-refractivity contribution is 0.0631. The van der Waals surface area contributed by atoms with Crippen LogP contribution in [-0.2, 0) is 10.5 Å². The van der Waals surface area contributed by atoms with Crippen molar-refractivity contribution in [3.63, 3.8) is 0 Å². The third-order valence-corrected chi connectivity index (χ3v) is 4.78. The smallest absolute Gasteiger partial charge is 0.209 e. The van der Waals surface area contributed by atoms with Crippen LogP contribution in [0.5, 0.6) is 0 Å². The topological polar surface area (TPSA) is 78.6 Å². The van der Waals surface area contributed by atoms with Crippen LogP contribution >= 0.6 is 34.9 Å². The number of ether oxygens (including phenoxy) is 1. The molecule has 7 nitrogen and oxygen atoms in total. The fourth-order valence-corrected chi connectivity index (χ4v) is 3.53. The van der Waals surface area contributed by atoms with Crippen LogP contribution in [0.15, 0.2) is 5.16 Å². The van der Waals surface area contributed by atoms with E-state index in [0.29, 0.717) is 16.1 Å². The Hall–Kier alpha value is -0.770. The number of hydrogen-bond acceptors (Lipinski definition) is 8. The second-order valence-electron chi connectivity index (χ2n) is 4.03. The summed E-state index contributed by atoms with van der Waals surface area (Å²) < 4.78 is 11.7. The minimum absolute atomic E-state index is 0.315. The number of halogens is 1. The van der Waals surface area contributed by atoms with Gasteiger partial charge in [-0.2, -0.15) is 0 Å². The molecule has 0 N–H and O–H groups in total. The van der Waals surface area contributed by atoms with Gasteiger partial charge >= 0.3 is 0 Å². The molecule has 0 atom stereocenters. The average molecular weight is 319 g/mol. The largest absolute Gasteiger partial charge is 0.381 e. The van der Waals surface area contributed by atoms with Gasteiger partial charge < -0.3 is 4.74 Å². The van der Waals surface area contributed by atoms with Crippen LogP contribution in [0.1, 0.15) is 24.6 Å². The summed E-state index contributed by atoms with van der Waals surface area (Å²) in [5.74, 6) is 0.624. The fraction of sp³-hybridized carbons (Fsp3) is 0.667. The number of tetrazole rings is 1. The Kier molecular flexibility index (Phi) is 4.26. The Morgan fingerprint density at radius 3 is 2.95 bits per heavy atom. The average Bonchev–Trinajstić information content (AvgIpc) is 3.06. The van der Waals surface area contributed by atoms with Crippen molar-refractivity contribution in [2.24, 2.45) is 0 Å². The SMILES string of the molecule is Clc1snnc1CSc1nnnn1C1CCOCC1. The van der Waals surface area contributed by atoms with Crippen molar-refractivity contribution in [1.82, 2.24) is 29.8 Å². The molecule has 0 radical (unpaired) electrons. The highest BCUT2D eigenvalue weighted by atomic mass is 35.5. The summed E-state index contributed by atoms with van der Waals surface area (Å²) in [6, 6.07) is 0.315. The van der Waals surface area contributed by atoms with E-state index in [2.05, 4.69) is 25.1 Å². The first kappa shape index (κ1) is 13.2. The maximum atomic E-state index is 5.97. The van der Waals surface area contributed by atoms with Crippen LogP contribution in [0.25, 0.3) is 0 Å². The molecule has 10 heteroatoms. The van der Waals surface area contributed by atoms with Gasteiger partial charge in [-0.05, 0) is 23.3 Å². The van der Waals surface area contributed by atoms with Crippen molar-refractivity contribution < 1.29 is 4.74 Å². The van der Waals surface area contributed by atoms with Crippen LogP contribution < -0.4 is 0 Å². The number of nitrogens with zero attached hydrogens (tertiary/aromatic N) is 6. The molecule has 0 spiro atoms. The van der Waals surface area contributed by atoms with Gasteiger partial charge in [0.2, 0.25) is 5.16 Å². The van der Waals surface area contributed by atoms with E-state index in [-0.39, 0.29) is 0 Å². The molecule has 0 bridgehead atoms. The van der Waals surface area contributed by atoms with Gasteiger partial charge in [0.25, 0.3) is 0 Å². The zero-order valence-electron chi connectivity index (χ0n) is 9.90. The molecule has 0 saturated carbocycles. The molecule has 1 aliphatic rings. The van der Waals surface area contributed by atoms with Gasteiger partial charge in [0, 0.05) is 30.5 Å². The van der Waals surface area contributed by atoms with E-state index in [0.717, 1.165) is 36.9 Å². The Morgan fingerprint density at radius 2 is 2.21 bits per heavy atom. The molecule has 3 heterocycles. The maximum Gasteiger partial charge on any atom is 0.209 e. The molecule has 0 aromatic carbocycles. The van der Waals surface area contributed by atoms with Gasteiger partial charge in [-0.1, -0.05) is 27.9 Å². The number of thioether (sulfide) groups is 1. The van der Waals surface area contributed by atoms with E-state index < -0.39 is 0 Å². The Balaban J connectivity index is 1.68. The van der Waals surface area contributed by atoms with Crippen LogP contribution in [0, 0.1) is 0 Å². The number of aromatic nitrogens is 6. The van der Waals surface area contributed by atoms with E-state index in [1.165, 1.54) is 23.3 Å². The summed E-state index contributed by atoms with van der Waals surface area (Å²) in [5, 5.41) is 16.6. The Labute approximate surface area is 122 Å². The summed E-state index contributed by atoms with van der Waals surface area (Å²) >= 11 is 8.69. The van der Waals surface area contributed by atoms with Crippen LogP contribution in [-0.4, -0.2) is 43.0 Å². The van der Waals surface area contributed by atoms with E-state index in [1.54, 1.807) is 0 Å². The lowest BCUT2D eigenvalue weighted by Crippen LogP contribution is -2.21. The molecule has 1 fully saturated rings. The lowest BCUT2D eigenvalue weighted by atomic mass is 10.1. The number of hydrogen-bond donors (Lipinski definition) is 0. The molecule has 19 heavy (non-hydrogen) atoms. The second kappa shape index (κ2) is 6.12. The summed E-state index contributed by atoms with van der Waals surface area (Å²) in [4.78, 5) is 0.